The number of nitrogens with zero attached hydrogens (tertiary/aromatic N) is 5. The van der Waals surface area contributed by atoms with Crippen LogP contribution < -0.4 is 0 Å². The summed E-state index contributed by atoms with van der Waals surface area (Å²) in [5, 5.41) is -0.378. The van der Waals surface area contributed by atoms with Crippen LogP contribution in [0.3, 0.4) is 0 Å². The molecule has 3 aromatic rings. The zero-order valence-electron chi connectivity index (χ0n) is 17.1. The van der Waals surface area contributed by atoms with E-state index >= 15 is 0 Å². The average molecular weight is 414 g/mol. The van der Waals surface area contributed by atoms with Gasteiger partial charge in [0.05, 0.1) is 22.8 Å². The molecule has 29 heavy (non-hydrogen) atoms. The van der Waals surface area contributed by atoms with Gasteiger partial charge in [0.25, 0.3) is 0 Å². The molecule has 0 N–H and O–H groups in total. The van der Waals surface area contributed by atoms with Gasteiger partial charge in [-0.15, -0.1) is 0 Å². The van der Waals surface area contributed by atoms with E-state index in [0.717, 1.165) is 23.4 Å². The number of hydrogen-bond donors (Lipinski definition) is 0. The third kappa shape index (κ3) is 5.27. The highest BCUT2D eigenvalue weighted by Crippen LogP contribution is 2.19. The van der Waals surface area contributed by atoms with E-state index in [1.807, 2.05) is 41.9 Å². The smallest absolute Gasteiger partial charge is 0.228 e. The lowest BCUT2D eigenvalue weighted by Crippen LogP contribution is -2.24. The van der Waals surface area contributed by atoms with E-state index in [1.165, 1.54) is 0 Å². The first-order valence-corrected chi connectivity index (χ1v) is 11.2. The van der Waals surface area contributed by atoms with E-state index < -0.39 is 15.1 Å². The third-order valence-electron chi connectivity index (χ3n) is 4.72. The Morgan fingerprint density at radius 3 is 2.45 bits per heavy atom. The Bertz CT molecular complexity index is 1020. The molecule has 0 saturated heterocycles. The second-order valence-corrected chi connectivity index (χ2v) is 9.78. The van der Waals surface area contributed by atoms with Gasteiger partial charge in [-0.3, -0.25) is 14.9 Å². The summed E-state index contributed by atoms with van der Waals surface area (Å²) in [7, 11) is -1.50. The number of benzene rings is 1. The molecule has 0 aliphatic rings. The first-order chi connectivity index (χ1) is 13.9. The molecule has 7 nitrogen and oxygen atoms in total. The minimum absolute atomic E-state index is 0.145. The standard InChI is InChI=1S/C21H27N5O2S/c1-17(2)29(27,28)21-24-14-20(16-25(3)15-19-13-22-10-11-23-19)26(21)12-9-18-7-5-4-6-8-18/h4-8,10-11,13-14,17H,9,12,15-16H2,1-3H3. The first kappa shape index (κ1) is 21.1. The lowest BCUT2D eigenvalue weighted by atomic mass is 10.1. The van der Waals surface area contributed by atoms with Crippen LogP contribution in [-0.2, 0) is 35.9 Å². The highest BCUT2D eigenvalue weighted by atomic mass is 32.2. The zero-order valence-corrected chi connectivity index (χ0v) is 17.9. The Kier molecular flexibility index (Phi) is 6.76. The fourth-order valence-corrected chi connectivity index (χ4v) is 4.24. The maximum absolute atomic E-state index is 12.8. The summed E-state index contributed by atoms with van der Waals surface area (Å²) in [6.45, 7) is 5.10. The van der Waals surface area contributed by atoms with Crippen molar-refractivity contribution in [1.29, 1.82) is 0 Å². The topological polar surface area (TPSA) is 81.0 Å². The molecule has 0 unspecified atom stereocenters. The van der Waals surface area contributed by atoms with Crippen LogP contribution in [0.15, 0.2) is 60.3 Å². The van der Waals surface area contributed by atoms with Crippen LogP contribution in [-0.4, -0.2) is 45.1 Å². The molecule has 0 radical (unpaired) electrons. The maximum Gasteiger partial charge on any atom is 0.228 e. The number of aromatic nitrogens is 4. The number of imidazole rings is 1. The van der Waals surface area contributed by atoms with Crippen molar-refractivity contribution in [3.05, 3.63) is 72.1 Å². The van der Waals surface area contributed by atoms with E-state index in [1.54, 1.807) is 38.6 Å². The van der Waals surface area contributed by atoms with Crippen molar-refractivity contribution in [2.75, 3.05) is 7.05 Å². The third-order valence-corrected chi connectivity index (χ3v) is 6.80. The highest BCUT2D eigenvalue weighted by molar-refractivity contribution is 7.91. The average Bonchev–Trinajstić information content (AvgIpc) is 3.10. The highest BCUT2D eigenvalue weighted by Gasteiger charge is 2.26. The molecule has 0 saturated carbocycles. The number of sulfone groups is 1. The maximum atomic E-state index is 12.8. The quantitative estimate of drug-likeness (QED) is 0.537. The van der Waals surface area contributed by atoms with E-state index in [4.69, 9.17) is 0 Å². The van der Waals surface area contributed by atoms with Crippen molar-refractivity contribution in [2.24, 2.45) is 0 Å². The molecule has 1 aromatic carbocycles. The SMILES string of the molecule is CC(C)S(=O)(=O)c1ncc(CN(C)Cc2cnccn2)n1CCc1ccccc1. The monoisotopic (exact) mass is 413 g/mol. The molecule has 0 fully saturated rings. The van der Waals surface area contributed by atoms with Crippen LogP contribution in [0.4, 0.5) is 0 Å². The Labute approximate surface area is 172 Å². The Morgan fingerprint density at radius 2 is 1.79 bits per heavy atom. The van der Waals surface area contributed by atoms with Gasteiger partial charge < -0.3 is 4.57 Å². The van der Waals surface area contributed by atoms with E-state index in [-0.39, 0.29) is 5.16 Å². The zero-order chi connectivity index (χ0) is 20.9. The molecule has 3 rings (SSSR count). The predicted molar refractivity (Wildman–Crippen MR) is 112 cm³/mol. The van der Waals surface area contributed by atoms with E-state index in [0.29, 0.717) is 19.6 Å². The van der Waals surface area contributed by atoms with Gasteiger partial charge in [-0.25, -0.2) is 13.4 Å². The number of rotatable bonds is 9. The lowest BCUT2D eigenvalue weighted by Gasteiger charge is -2.19. The molecular formula is C21H27N5O2S. The fourth-order valence-electron chi connectivity index (χ4n) is 3.10. The molecule has 0 spiro atoms. The molecule has 154 valence electrons. The predicted octanol–water partition coefficient (Wildman–Crippen LogP) is 2.73. The van der Waals surface area contributed by atoms with Crippen LogP contribution in [0.25, 0.3) is 0 Å². The Hall–Kier alpha value is -2.58. The van der Waals surface area contributed by atoms with Gasteiger partial charge in [0.15, 0.2) is 0 Å². The second-order valence-electron chi connectivity index (χ2n) is 7.38. The molecule has 0 amide bonds. The normalized spacial score (nSPS) is 12.0. The molecule has 8 heteroatoms. The lowest BCUT2D eigenvalue weighted by molar-refractivity contribution is 0.303. The van der Waals surface area contributed by atoms with Crippen molar-refractivity contribution in [1.82, 2.24) is 24.4 Å². The van der Waals surface area contributed by atoms with Crippen molar-refractivity contribution in [3.8, 4) is 0 Å². The van der Waals surface area contributed by atoms with Gasteiger partial charge in [0.2, 0.25) is 15.0 Å². The summed E-state index contributed by atoms with van der Waals surface area (Å²) in [5.41, 5.74) is 2.89. The largest absolute Gasteiger partial charge is 0.317 e. The first-order valence-electron chi connectivity index (χ1n) is 9.63. The minimum Gasteiger partial charge on any atom is -0.317 e. The molecule has 0 aliphatic heterocycles. The Balaban J connectivity index is 1.84. The summed E-state index contributed by atoms with van der Waals surface area (Å²) in [4.78, 5) is 14.8. The Morgan fingerprint density at radius 1 is 1.03 bits per heavy atom. The minimum atomic E-state index is -3.47. The second kappa shape index (κ2) is 9.28. The van der Waals surface area contributed by atoms with Gasteiger partial charge in [0, 0.05) is 38.2 Å². The summed E-state index contributed by atoms with van der Waals surface area (Å²) in [6, 6.07) is 10.1. The van der Waals surface area contributed by atoms with E-state index in [2.05, 4.69) is 19.9 Å². The molecule has 0 bridgehead atoms. The summed E-state index contributed by atoms with van der Waals surface area (Å²) >= 11 is 0. The number of aryl methyl sites for hydroxylation is 1. The molecule has 0 atom stereocenters. The van der Waals surface area contributed by atoms with Crippen molar-refractivity contribution >= 4 is 9.84 Å². The number of hydrogen-bond acceptors (Lipinski definition) is 6. The van der Waals surface area contributed by atoms with Gasteiger partial charge >= 0.3 is 0 Å². The summed E-state index contributed by atoms with van der Waals surface area (Å²) < 4.78 is 27.5. The molecule has 2 aromatic heterocycles. The fraction of sp³-hybridized carbons (Fsp3) is 0.381. The van der Waals surface area contributed by atoms with Crippen molar-refractivity contribution in [3.63, 3.8) is 0 Å². The van der Waals surface area contributed by atoms with Gasteiger partial charge in [-0.05, 0) is 32.9 Å². The van der Waals surface area contributed by atoms with Gasteiger partial charge in [0.1, 0.15) is 0 Å². The molecule has 0 aliphatic carbocycles. The van der Waals surface area contributed by atoms with E-state index in [9.17, 15) is 8.42 Å². The summed E-state index contributed by atoms with van der Waals surface area (Å²) in [5.74, 6) is 0. The van der Waals surface area contributed by atoms with Gasteiger partial charge in [-0.1, -0.05) is 30.3 Å². The van der Waals surface area contributed by atoms with Crippen LogP contribution in [0.5, 0.6) is 0 Å². The molecular weight excluding hydrogens is 386 g/mol. The van der Waals surface area contributed by atoms with Crippen LogP contribution in [0, 0.1) is 0 Å². The van der Waals surface area contributed by atoms with Gasteiger partial charge in [-0.2, -0.15) is 0 Å². The summed E-state index contributed by atoms with van der Waals surface area (Å²) in [6.07, 6.45) is 7.45. The van der Waals surface area contributed by atoms with Crippen molar-refractivity contribution in [2.45, 2.75) is 50.3 Å². The van der Waals surface area contributed by atoms with Crippen molar-refractivity contribution < 1.29 is 8.42 Å². The molecule has 2 heterocycles. The van der Waals surface area contributed by atoms with Crippen LogP contribution in [0.2, 0.25) is 0 Å². The van der Waals surface area contributed by atoms with Crippen LogP contribution in [0.1, 0.15) is 30.8 Å². The van der Waals surface area contributed by atoms with Crippen LogP contribution >= 0.6 is 0 Å².